The molecule has 1 aromatic rings. The van der Waals surface area contributed by atoms with E-state index >= 15 is 0 Å². The Balaban J connectivity index is 2.41. The number of rotatable bonds is 3. The van der Waals surface area contributed by atoms with Crippen LogP contribution in [0.4, 0.5) is 4.39 Å². The molecule has 1 aliphatic rings. The van der Waals surface area contributed by atoms with Crippen LogP contribution in [-0.2, 0) is 15.1 Å². The highest BCUT2D eigenvalue weighted by Gasteiger charge is 2.43. The molecule has 0 saturated carbocycles. The molecule has 6 heteroatoms. The molecule has 104 valence electrons. The highest BCUT2D eigenvalue weighted by Crippen LogP contribution is 2.30. The monoisotopic (exact) mass is 267 g/mol. The van der Waals surface area contributed by atoms with E-state index in [-0.39, 0.29) is 0 Å². The minimum absolute atomic E-state index is 0.401. The van der Waals surface area contributed by atoms with Crippen LogP contribution in [0.1, 0.15) is 12.5 Å². The number of aromatic nitrogens is 1. The second kappa shape index (κ2) is 5.63. The van der Waals surface area contributed by atoms with Gasteiger partial charge >= 0.3 is 5.97 Å². The van der Waals surface area contributed by atoms with Crippen LogP contribution in [0, 0.1) is 5.82 Å². The summed E-state index contributed by atoms with van der Waals surface area (Å²) in [5.41, 5.74) is -0.493. The molecule has 1 aliphatic heterocycles. The third kappa shape index (κ3) is 2.59. The Kier molecular flexibility index (Phi) is 4.11. The number of pyridine rings is 1. The molecule has 1 saturated heterocycles. The maximum absolute atomic E-state index is 13.4. The number of carbonyl (C=O) groups excluding carboxylic acids is 1. The molecule has 19 heavy (non-hydrogen) atoms. The summed E-state index contributed by atoms with van der Waals surface area (Å²) in [6.45, 7) is 4.72. The van der Waals surface area contributed by atoms with Crippen molar-refractivity contribution in [2.75, 3.05) is 33.3 Å². The maximum atomic E-state index is 13.4. The highest BCUT2D eigenvalue weighted by atomic mass is 19.1. The zero-order chi connectivity index (χ0) is 13.9. The standard InChI is InChI=1S/C13H18FN3O2/c1-13(12(18)19-2,17-5-3-15-4-6-17)10-7-11(14)9-16-8-10/h7-9,15H,3-6H2,1-2H3. The first-order valence-electron chi connectivity index (χ1n) is 6.24. The van der Waals surface area contributed by atoms with Crippen molar-refractivity contribution in [2.24, 2.45) is 0 Å². The molecule has 2 heterocycles. The molecule has 1 N–H and O–H groups in total. The van der Waals surface area contributed by atoms with E-state index in [1.807, 2.05) is 4.90 Å². The van der Waals surface area contributed by atoms with Crippen LogP contribution in [0.5, 0.6) is 0 Å². The number of ether oxygens (including phenoxy) is 1. The van der Waals surface area contributed by atoms with Gasteiger partial charge in [0.25, 0.3) is 0 Å². The van der Waals surface area contributed by atoms with Crippen LogP contribution in [0.25, 0.3) is 0 Å². The lowest BCUT2D eigenvalue weighted by atomic mass is 9.90. The van der Waals surface area contributed by atoms with Gasteiger partial charge in [0.1, 0.15) is 11.4 Å². The average Bonchev–Trinajstić information content (AvgIpc) is 2.46. The van der Waals surface area contributed by atoms with E-state index in [4.69, 9.17) is 4.74 Å². The van der Waals surface area contributed by atoms with E-state index in [1.54, 1.807) is 6.92 Å². The molecule has 1 atom stereocenters. The van der Waals surface area contributed by atoms with Crippen LogP contribution < -0.4 is 5.32 Å². The predicted octanol–water partition coefficient (Wildman–Crippen LogP) is 0.514. The van der Waals surface area contributed by atoms with Gasteiger partial charge in [0.2, 0.25) is 0 Å². The zero-order valence-corrected chi connectivity index (χ0v) is 11.1. The number of halogens is 1. The van der Waals surface area contributed by atoms with Gasteiger partial charge in [0.15, 0.2) is 0 Å². The Morgan fingerprint density at radius 1 is 1.47 bits per heavy atom. The smallest absolute Gasteiger partial charge is 0.330 e. The third-order valence-electron chi connectivity index (χ3n) is 3.60. The first kappa shape index (κ1) is 13.9. The van der Waals surface area contributed by atoms with Gasteiger partial charge in [-0.05, 0) is 13.0 Å². The summed E-state index contributed by atoms with van der Waals surface area (Å²) in [7, 11) is 1.34. The van der Waals surface area contributed by atoms with Crippen molar-refractivity contribution in [3.63, 3.8) is 0 Å². The van der Waals surface area contributed by atoms with E-state index in [0.717, 1.165) is 19.3 Å². The second-order valence-electron chi connectivity index (χ2n) is 4.69. The zero-order valence-electron chi connectivity index (χ0n) is 11.1. The predicted molar refractivity (Wildman–Crippen MR) is 68.0 cm³/mol. The molecule has 0 bridgehead atoms. The Bertz CT molecular complexity index is 463. The quantitative estimate of drug-likeness (QED) is 0.809. The summed E-state index contributed by atoms with van der Waals surface area (Å²) in [5, 5.41) is 3.22. The number of nitrogens with zero attached hydrogens (tertiary/aromatic N) is 2. The molecular formula is C13H18FN3O2. The largest absolute Gasteiger partial charge is 0.467 e. The molecule has 2 rings (SSSR count). The van der Waals surface area contributed by atoms with Crippen molar-refractivity contribution in [3.05, 3.63) is 29.8 Å². The van der Waals surface area contributed by atoms with Gasteiger partial charge in [-0.1, -0.05) is 0 Å². The number of nitrogens with one attached hydrogen (secondary N) is 1. The third-order valence-corrected chi connectivity index (χ3v) is 3.60. The number of carbonyl (C=O) groups is 1. The lowest BCUT2D eigenvalue weighted by Gasteiger charge is -2.41. The van der Waals surface area contributed by atoms with E-state index in [9.17, 15) is 9.18 Å². The molecule has 0 spiro atoms. The molecular weight excluding hydrogens is 249 g/mol. The Hall–Kier alpha value is -1.53. The highest BCUT2D eigenvalue weighted by molar-refractivity contribution is 5.82. The normalized spacial score (nSPS) is 19.7. The Morgan fingerprint density at radius 2 is 2.16 bits per heavy atom. The summed E-state index contributed by atoms with van der Waals surface area (Å²) in [6, 6.07) is 1.34. The van der Waals surface area contributed by atoms with Gasteiger partial charge in [0.05, 0.1) is 13.3 Å². The van der Waals surface area contributed by atoms with Crippen LogP contribution in [0.3, 0.4) is 0 Å². The molecule has 1 unspecified atom stereocenters. The minimum Gasteiger partial charge on any atom is -0.467 e. The SMILES string of the molecule is COC(=O)C(C)(c1cncc(F)c1)N1CCNCC1. The fraction of sp³-hybridized carbons (Fsp3) is 0.538. The van der Waals surface area contributed by atoms with Crippen molar-refractivity contribution in [2.45, 2.75) is 12.5 Å². The Morgan fingerprint density at radius 3 is 2.74 bits per heavy atom. The number of piperazine rings is 1. The van der Waals surface area contributed by atoms with Gasteiger partial charge < -0.3 is 10.1 Å². The number of hydrogen-bond donors (Lipinski definition) is 1. The van der Waals surface area contributed by atoms with Crippen molar-refractivity contribution in [1.29, 1.82) is 0 Å². The van der Waals surface area contributed by atoms with Crippen molar-refractivity contribution >= 4 is 5.97 Å². The molecule has 0 amide bonds. The van der Waals surface area contributed by atoms with E-state index in [0.29, 0.717) is 18.7 Å². The number of esters is 1. The first-order chi connectivity index (χ1) is 9.09. The van der Waals surface area contributed by atoms with Crippen LogP contribution in [0.15, 0.2) is 18.5 Å². The van der Waals surface area contributed by atoms with Gasteiger partial charge in [-0.25, -0.2) is 9.18 Å². The fourth-order valence-electron chi connectivity index (χ4n) is 2.42. The summed E-state index contributed by atoms with van der Waals surface area (Å²) >= 11 is 0. The summed E-state index contributed by atoms with van der Waals surface area (Å²) in [6.07, 6.45) is 2.64. The average molecular weight is 267 g/mol. The summed E-state index contributed by atoms with van der Waals surface area (Å²) in [5.74, 6) is -0.857. The molecule has 5 nitrogen and oxygen atoms in total. The first-order valence-corrected chi connectivity index (χ1v) is 6.24. The molecule has 0 aromatic carbocycles. The maximum Gasteiger partial charge on any atom is 0.330 e. The molecule has 1 fully saturated rings. The van der Waals surface area contributed by atoms with Crippen LogP contribution >= 0.6 is 0 Å². The lowest BCUT2D eigenvalue weighted by Crippen LogP contribution is -2.57. The number of hydrogen-bond acceptors (Lipinski definition) is 5. The van der Waals surface area contributed by atoms with Gasteiger partial charge in [-0.15, -0.1) is 0 Å². The van der Waals surface area contributed by atoms with E-state index < -0.39 is 17.3 Å². The minimum atomic E-state index is -1.01. The summed E-state index contributed by atoms with van der Waals surface area (Å²) in [4.78, 5) is 18.0. The molecule has 1 aromatic heterocycles. The van der Waals surface area contributed by atoms with Crippen LogP contribution in [-0.4, -0.2) is 49.1 Å². The summed E-state index contributed by atoms with van der Waals surface area (Å²) < 4.78 is 18.3. The van der Waals surface area contributed by atoms with Crippen molar-refractivity contribution < 1.29 is 13.9 Å². The van der Waals surface area contributed by atoms with Crippen molar-refractivity contribution in [1.82, 2.24) is 15.2 Å². The van der Waals surface area contributed by atoms with Crippen molar-refractivity contribution in [3.8, 4) is 0 Å². The molecule has 0 radical (unpaired) electrons. The van der Waals surface area contributed by atoms with E-state index in [1.165, 1.54) is 19.4 Å². The topological polar surface area (TPSA) is 54.5 Å². The van der Waals surface area contributed by atoms with Gasteiger partial charge in [-0.2, -0.15) is 0 Å². The number of methoxy groups -OCH3 is 1. The molecule has 0 aliphatic carbocycles. The lowest BCUT2D eigenvalue weighted by molar-refractivity contribution is -0.155. The van der Waals surface area contributed by atoms with Gasteiger partial charge in [0, 0.05) is 37.9 Å². The fourth-order valence-corrected chi connectivity index (χ4v) is 2.42. The second-order valence-corrected chi connectivity index (χ2v) is 4.69. The van der Waals surface area contributed by atoms with Gasteiger partial charge in [-0.3, -0.25) is 9.88 Å². The van der Waals surface area contributed by atoms with Crippen LogP contribution in [0.2, 0.25) is 0 Å². The Labute approximate surface area is 111 Å². The van der Waals surface area contributed by atoms with E-state index in [2.05, 4.69) is 10.3 Å².